The van der Waals surface area contributed by atoms with Gasteiger partial charge in [-0.3, -0.25) is 10.1 Å². The lowest BCUT2D eigenvalue weighted by atomic mass is 10.2. The molecule has 21 heavy (non-hydrogen) atoms. The maximum absolute atomic E-state index is 11.9. The number of carbonyl (C=O) groups is 1. The van der Waals surface area contributed by atoms with E-state index in [1.807, 2.05) is 0 Å². The smallest absolute Gasteiger partial charge is 0.404 e. The molecule has 0 spiro atoms. The highest BCUT2D eigenvalue weighted by atomic mass is 32.2. The SMILES string of the molecule is CC(CNC(=O)O)CNS(=O)(=O)c1ccc([N+](=O)[O-])cc1. The fraction of sp³-hybridized carbons (Fsp3) is 0.364. The fourth-order valence-electron chi connectivity index (χ4n) is 1.42. The highest BCUT2D eigenvalue weighted by Gasteiger charge is 2.16. The molecule has 1 atom stereocenters. The maximum Gasteiger partial charge on any atom is 0.404 e. The van der Waals surface area contributed by atoms with Crippen molar-refractivity contribution in [3.8, 4) is 0 Å². The molecule has 1 amide bonds. The number of sulfonamides is 1. The number of non-ortho nitro benzene ring substituents is 1. The van der Waals surface area contributed by atoms with Gasteiger partial charge in [0, 0.05) is 25.2 Å². The predicted molar refractivity (Wildman–Crippen MR) is 73.5 cm³/mol. The Kier molecular flexibility index (Phi) is 5.61. The number of nitrogens with one attached hydrogen (secondary N) is 2. The molecule has 116 valence electrons. The van der Waals surface area contributed by atoms with Crippen LogP contribution >= 0.6 is 0 Å². The first kappa shape index (κ1) is 16.9. The summed E-state index contributed by atoms with van der Waals surface area (Å²) >= 11 is 0. The Labute approximate surface area is 121 Å². The Morgan fingerprint density at radius 2 is 1.90 bits per heavy atom. The highest BCUT2D eigenvalue weighted by Crippen LogP contribution is 2.15. The summed E-state index contributed by atoms with van der Waals surface area (Å²) in [5, 5.41) is 21.1. The van der Waals surface area contributed by atoms with Crippen LogP contribution in [0.5, 0.6) is 0 Å². The Hall–Kier alpha value is -2.20. The summed E-state index contributed by atoms with van der Waals surface area (Å²) in [7, 11) is -3.78. The molecule has 1 unspecified atom stereocenters. The third kappa shape index (κ3) is 5.36. The van der Waals surface area contributed by atoms with Crippen LogP contribution in [-0.2, 0) is 10.0 Å². The van der Waals surface area contributed by atoms with Gasteiger partial charge in [0.25, 0.3) is 5.69 Å². The van der Waals surface area contributed by atoms with Crippen molar-refractivity contribution in [3.63, 3.8) is 0 Å². The summed E-state index contributed by atoms with van der Waals surface area (Å²) in [4.78, 5) is 20.1. The van der Waals surface area contributed by atoms with Gasteiger partial charge >= 0.3 is 6.09 Å². The summed E-state index contributed by atoms with van der Waals surface area (Å²) in [5.41, 5.74) is -0.201. The topological polar surface area (TPSA) is 139 Å². The number of hydrogen-bond acceptors (Lipinski definition) is 5. The van der Waals surface area contributed by atoms with Crippen molar-refractivity contribution in [2.24, 2.45) is 5.92 Å². The van der Waals surface area contributed by atoms with E-state index in [-0.39, 0.29) is 29.6 Å². The van der Waals surface area contributed by atoms with Crippen molar-refractivity contribution in [2.45, 2.75) is 11.8 Å². The molecule has 3 N–H and O–H groups in total. The largest absolute Gasteiger partial charge is 0.465 e. The van der Waals surface area contributed by atoms with Gasteiger partial charge < -0.3 is 10.4 Å². The van der Waals surface area contributed by atoms with Gasteiger partial charge in [-0.25, -0.2) is 17.9 Å². The van der Waals surface area contributed by atoms with Gasteiger partial charge in [0.15, 0.2) is 0 Å². The number of amides is 1. The molecule has 0 aliphatic heterocycles. The van der Waals surface area contributed by atoms with Crippen molar-refractivity contribution < 1.29 is 23.2 Å². The summed E-state index contributed by atoms with van der Waals surface area (Å²) in [6.45, 7) is 1.83. The van der Waals surface area contributed by atoms with Gasteiger partial charge in [-0.2, -0.15) is 0 Å². The quantitative estimate of drug-likeness (QED) is 0.501. The molecular weight excluding hydrogens is 302 g/mol. The van der Waals surface area contributed by atoms with Crippen molar-refractivity contribution >= 4 is 21.8 Å². The lowest BCUT2D eigenvalue weighted by molar-refractivity contribution is -0.384. The van der Waals surface area contributed by atoms with E-state index < -0.39 is 21.0 Å². The van der Waals surface area contributed by atoms with Crippen molar-refractivity contribution in [2.75, 3.05) is 13.1 Å². The molecule has 10 heteroatoms. The lowest BCUT2D eigenvalue weighted by Crippen LogP contribution is -2.34. The van der Waals surface area contributed by atoms with E-state index in [0.717, 1.165) is 24.3 Å². The molecule has 0 aliphatic carbocycles. The second-order valence-corrected chi connectivity index (χ2v) is 6.16. The van der Waals surface area contributed by atoms with Crippen LogP contribution in [0, 0.1) is 16.0 Å². The van der Waals surface area contributed by atoms with Gasteiger partial charge in [0.2, 0.25) is 10.0 Å². The lowest BCUT2D eigenvalue weighted by Gasteiger charge is -2.12. The normalized spacial score (nSPS) is 12.6. The summed E-state index contributed by atoms with van der Waals surface area (Å²) in [6.07, 6.45) is -1.18. The Bertz CT molecular complexity index is 613. The Morgan fingerprint density at radius 3 is 2.38 bits per heavy atom. The minimum Gasteiger partial charge on any atom is -0.465 e. The molecule has 0 saturated heterocycles. The number of nitro groups is 1. The van der Waals surface area contributed by atoms with E-state index >= 15 is 0 Å². The van der Waals surface area contributed by atoms with Crippen molar-refractivity contribution in [1.29, 1.82) is 0 Å². The second-order valence-electron chi connectivity index (χ2n) is 4.39. The second kappa shape index (κ2) is 6.99. The number of hydrogen-bond donors (Lipinski definition) is 3. The maximum atomic E-state index is 11.9. The zero-order valence-electron chi connectivity index (χ0n) is 11.1. The van der Waals surface area contributed by atoms with E-state index in [4.69, 9.17) is 5.11 Å². The first-order valence-electron chi connectivity index (χ1n) is 5.93. The van der Waals surface area contributed by atoms with Crippen LogP contribution in [0.4, 0.5) is 10.5 Å². The molecule has 0 heterocycles. The third-order valence-electron chi connectivity index (χ3n) is 2.58. The summed E-state index contributed by atoms with van der Waals surface area (Å²) < 4.78 is 26.2. The third-order valence-corrected chi connectivity index (χ3v) is 4.02. The zero-order chi connectivity index (χ0) is 16.0. The van der Waals surface area contributed by atoms with Crippen LogP contribution in [0.2, 0.25) is 0 Å². The predicted octanol–water partition coefficient (Wildman–Crippen LogP) is 0.777. The molecule has 0 aromatic heterocycles. The average Bonchev–Trinajstić information content (AvgIpc) is 2.43. The minimum absolute atomic E-state index is 0.0413. The number of nitro benzene ring substituents is 1. The van der Waals surface area contributed by atoms with Crippen LogP contribution in [0.3, 0.4) is 0 Å². The van der Waals surface area contributed by atoms with Gasteiger partial charge in [-0.1, -0.05) is 6.92 Å². The summed E-state index contributed by atoms with van der Waals surface area (Å²) in [5.74, 6) is -0.242. The van der Waals surface area contributed by atoms with Gasteiger partial charge in [0.1, 0.15) is 0 Å². The van der Waals surface area contributed by atoms with Crippen LogP contribution in [0.25, 0.3) is 0 Å². The minimum atomic E-state index is -3.78. The van der Waals surface area contributed by atoms with E-state index in [9.17, 15) is 23.3 Å². The molecule has 1 rings (SSSR count). The Balaban J connectivity index is 2.64. The van der Waals surface area contributed by atoms with Crippen LogP contribution < -0.4 is 10.0 Å². The van der Waals surface area contributed by atoms with Crippen molar-refractivity contribution in [1.82, 2.24) is 10.0 Å². The van der Waals surface area contributed by atoms with E-state index in [1.165, 1.54) is 0 Å². The number of nitrogens with zero attached hydrogens (tertiary/aromatic N) is 1. The number of rotatable bonds is 7. The standard InChI is InChI=1S/C11H15N3O6S/c1-8(6-12-11(15)16)7-13-21(19,20)10-4-2-9(3-5-10)14(17)18/h2-5,8,12-13H,6-7H2,1H3,(H,15,16). The van der Waals surface area contributed by atoms with E-state index in [1.54, 1.807) is 6.92 Å². The van der Waals surface area contributed by atoms with Crippen LogP contribution in [-0.4, -0.2) is 37.6 Å². The van der Waals surface area contributed by atoms with E-state index in [0.29, 0.717) is 0 Å². The first-order chi connectivity index (χ1) is 9.72. The monoisotopic (exact) mass is 317 g/mol. The van der Waals surface area contributed by atoms with Crippen LogP contribution in [0.1, 0.15) is 6.92 Å². The molecule has 0 saturated carbocycles. The zero-order valence-corrected chi connectivity index (χ0v) is 12.0. The molecule has 0 fully saturated rings. The molecule has 0 radical (unpaired) electrons. The van der Waals surface area contributed by atoms with Gasteiger partial charge in [-0.05, 0) is 18.1 Å². The average molecular weight is 317 g/mol. The van der Waals surface area contributed by atoms with Crippen LogP contribution in [0.15, 0.2) is 29.2 Å². The van der Waals surface area contributed by atoms with Crippen molar-refractivity contribution in [3.05, 3.63) is 34.4 Å². The number of carboxylic acid groups (broad SMARTS) is 1. The van der Waals surface area contributed by atoms with Gasteiger partial charge in [-0.15, -0.1) is 0 Å². The molecule has 0 aliphatic rings. The highest BCUT2D eigenvalue weighted by molar-refractivity contribution is 7.89. The molecule has 0 bridgehead atoms. The first-order valence-corrected chi connectivity index (χ1v) is 7.41. The van der Waals surface area contributed by atoms with Gasteiger partial charge in [0.05, 0.1) is 9.82 Å². The fourth-order valence-corrected chi connectivity index (χ4v) is 2.58. The molecule has 1 aromatic carbocycles. The van der Waals surface area contributed by atoms with E-state index in [2.05, 4.69) is 10.0 Å². The Morgan fingerprint density at radius 1 is 1.33 bits per heavy atom. The molecule has 9 nitrogen and oxygen atoms in total. The summed E-state index contributed by atoms with van der Waals surface area (Å²) in [6, 6.07) is 4.48. The molecule has 1 aromatic rings. The molecular formula is C11H15N3O6S. The number of benzene rings is 1.